The number of carbonyl (C=O) groups is 1. The molecule has 0 saturated carbocycles. The fourth-order valence-electron chi connectivity index (χ4n) is 2.34. The minimum atomic E-state index is -0.297. The number of carbonyl (C=O) groups excluding carboxylic acids is 1. The first-order chi connectivity index (χ1) is 13.8. The van der Waals surface area contributed by atoms with E-state index in [1.807, 2.05) is 12.1 Å². The lowest BCUT2D eigenvalue weighted by Crippen LogP contribution is -2.34. The highest BCUT2D eigenvalue weighted by atomic mass is 16.5. The number of hydrogen-bond donors (Lipinski definition) is 2. The average molecular weight is 383 g/mol. The van der Waals surface area contributed by atoms with Crippen molar-refractivity contribution in [2.75, 3.05) is 20.3 Å². The Bertz CT molecular complexity index is 869. The van der Waals surface area contributed by atoms with Crippen LogP contribution in [0.2, 0.25) is 0 Å². The summed E-state index contributed by atoms with van der Waals surface area (Å²) in [5.41, 5.74) is 1.68. The fraction of sp³-hybridized carbons (Fsp3) is 0.278. The minimum absolute atomic E-state index is 0.297. The Morgan fingerprint density at radius 1 is 1.14 bits per heavy atom. The molecule has 0 aromatic carbocycles. The van der Waals surface area contributed by atoms with Crippen LogP contribution in [0, 0.1) is 0 Å². The van der Waals surface area contributed by atoms with Crippen molar-refractivity contribution in [1.29, 1.82) is 0 Å². The molecule has 0 atom stereocenters. The van der Waals surface area contributed by atoms with Crippen molar-refractivity contribution < 1.29 is 14.3 Å². The first-order valence-corrected chi connectivity index (χ1v) is 8.63. The van der Waals surface area contributed by atoms with Crippen LogP contribution in [0.15, 0.2) is 49.3 Å². The second kappa shape index (κ2) is 9.97. The zero-order chi connectivity index (χ0) is 19.6. The van der Waals surface area contributed by atoms with Crippen LogP contribution in [-0.4, -0.2) is 51.1 Å². The summed E-state index contributed by atoms with van der Waals surface area (Å²) in [6, 6.07) is 6.98. The van der Waals surface area contributed by atoms with Gasteiger partial charge in [0.1, 0.15) is 19.3 Å². The van der Waals surface area contributed by atoms with Crippen molar-refractivity contribution in [3.8, 4) is 11.7 Å². The van der Waals surface area contributed by atoms with Crippen LogP contribution >= 0.6 is 0 Å². The van der Waals surface area contributed by atoms with Crippen LogP contribution in [0.3, 0.4) is 0 Å². The Morgan fingerprint density at radius 2 is 2.04 bits per heavy atom. The zero-order valence-electron chi connectivity index (χ0n) is 15.4. The number of nitrogens with zero attached hydrogens (tertiary/aromatic N) is 5. The molecule has 3 rings (SSSR count). The monoisotopic (exact) mass is 383 g/mol. The summed E-state index contributed by atoms with van der Waals surface area (Å²) in [6.07, 6.45) is 6.31. The highest BCUT2D eigenvalue weighted by molar-refractivity contribution is 5.73. The number of rotatable bonds is 9. The molecule has 0 radical (unpaired) electrons. The van der Waals surface area contributed by atoms with E-state index in [4.69, 9.17) is 9.47 Å². The van der Waals surface area contributed by atoms with Crippen molar-refractivity contribution in [3.05, 3.63) is 60.4 Å². The lowest BCUT2D eigenvalue weighted by molar-refractivity contribution is 0.143. The van der Waals surface area contributed by atoms with E-state index in [1.54, 1.807) is 42.6 Å². The molecule has 146 valence electrons. The number of hydrogen-bond acceptors (Lipinski definition) is 7. The van der Waals surface area contributed by atoms with Gasteiger partial charge in [0.05, 0.1) is 6.61 Å². The summed E-state index contributed by atoms with van der Waals surface area (Å²) in [7, 11) is 1.61. The predicted octanol–water partition coefficient (Wildman–Crippen LogP) is 1.08. The van der Waals surface area contributed by atoms with E-state index < -0.39 is 0 Å². The summed E-state index contributed by atoms with van der Waals surface area (Å²) < 4.78 is 11.9. The molecule has 0 bridgehead atoms. The van der Waals surface area contributed by atoms with Crippen molar-refractivity contribution in [1.82, 2.24) is 35.4 Å². The van der Waals surface area contributed by atoms with Gasteiger partial charge in [0.2, 0.25) is 5.88 Å². The Labute approximate surface area is 161 Å². The molecule has 0 aliphatic carbocycles. The first kappa shape index (κ1) is 19.2. The second-order valence-corrected chi connectivity index (χ2v) is 5.71. The van der Waals surface area contributed by atoms with Gasteiger partial charge in [-0.25, -0.2) is 24.4 Å². The van der Waals surface area contributed by atoms with E-state index in [0.717, 1.165) is 11.1 Å². The largest absolute Gasteiger partial charge is 0.475 e. The van der Waals surface area contributed by atoms with Gasteiger partial charge in [0.25, 0.3) is 0 Å². The molecule has 3 heterocycles. The van der Waals surface area contributed by atoms with Crippen molar-refractivity contribution in [3.63, 3.8) is 0 Å². The maximum absolute atomic E-state index is 12.1. The number of amides is 2. The topological polar surface area (TPSA) is 116 Å². The van der Waals surface area contributed by atoms with E-state index >= 15 is 0 Å². The van der Waals surface area contributed by atoms with Crippen molar-refractivity contribution in [2.45, 2.75) is 13.1 Å². The number of methoxy groups -OCH3 is 1. The van der Waals surface area contributed by atoms with E-state index in [2.05, 4.69) is 30.7 Å². The number of urea groups is 1. The summed E-state index contributed by atoms with van der Waals surface area (Å²) >= 11 is 0. The molecule has 10 heteroatoms. The molecule has 0 aliphatic rings. The number of nitrogens with one attached hydrogen (secondary N) is 2. The molecule has 0 spiro atoms. The van der Waals surface area contributed by atoms with E-state index in [9.17, 15) is 4.79 Å². The van der Waals surface area contributed by atoms with Crippen LogP contribution in [0.5, 0.6) is 5.88 Å². The van der Waals surface area contributed by atoms with Crippen LogP contribution < -0.4 is 15.4 Å². The Kier molecular flexibility index (Phi) is 6.85. The molecule has 0 saturated heterocycles. The first-order valence-electron chi connectivity index (χ1n) is 8.63. The van der Waals surface area contributed by atoms with Gasteiger partial charge in [-0.1, -0.05) is 12.1 Å². The number of aromatic nitrogens is 5. The van der Waals surface area contributed by atoms with Gasteiger partial charge in [-0.15, -0.1) is 0 Å². The lowest BCUT2D eigenvalue weighted by atomic mass is 10.2. The molecule has 3 aromatic heterocycles. The summed E-state index contributed by atoms with van der Waals surface area (Å²) in [5.74, 6) is 1.14. The highest BCUT2D eigenvalue weighted by Gasteiger charge is 2.08. The molecule has 28 heavy (non-hydrogen) atoms. The Balaban J connectivity index is 1.47. The molecule has 2 N–H and O–H groups in total. The maximum Gasteiger partial charge on any atom is 0.315 e. The molecule has 10 nitrogen and oxygen atoms in total. The lowest BCUT2D eigenvalue weighted by Gasteiger charge is -2.10. The number of pyridine rings is 2. The fourth-order valence-corrected chi connectivity index (χ4v) is 2.34. The molecule has 0 aliphatic heterocycles. The van der Waals surface area contributed by atoms with E-state index in [-0.39, 0.29) is 6.03 Å². The summed E-state index contributed by atoms with van der Waals surface area (Å²) in [4.78, 5) is 24.5. The van der Waals surface area contributed by atoms with Gasteiger partial charge in [-0.05, 0) is 11.6 Å². The quantitative estimate of drug-likeness (QED) is 0.531. The molecule has 2 amide bonds. The summed E-state index contributed by atoms with van der Waals surface area (Å²) in [6.45, 7) is 1.59. The molecule has 3 aromatic rings. The number of ether oxygens (including phenoxy) is 2. The highest BCUT2D eigenvalue weighted by Crippen LogP contribution is 2.09. The summed E-state index contributed by atoms with van der Waals surface area (Å²) in [5, 5.41) is 9.67. The third kappa shape index (κ3) is 5.48. The van der Waals surface area contributed by atoms with Gasteiger partial charge < -0.3 is 20.1 Å². The Morgan fingerprint density at radius 3 is 2.79 bits per heavy atom. The van der Waals surface area contributed by atoms with Gasteiger partial charge in [-0.3, -0.25) is 0 Å². The molecule has 0 fully saturated rings. The van der Waals surface area contributed by atoms with Gasteiger partial charge in [0, 0.05) is 44.2 Å². The van der Waals surface area contributed by atoms with Crippen LogP contribution in [0.4, 0.5) is 4.79 Å². The Hall–Kier alpha value is -3.53. The predicted molar refractivity (Wildman–Crippen MR) is 99.8 cm³/mol. The standard InChI is InChI=1S/C18H21N7O3/c1-27-7-8-28-16-5-4-14(9-21-16)10-22-18(26)23-11-15-3-2-6-20-17(15)25-13-19-12-24-25/h2-6,9,12-13H,7-8,10-11H2,1H3,(H2,22,23,26). The third-order valence-corrected chi connectivity index (χ3v) is 3.73. The molecule has 0 unspecified atom stereocenters. The van der Waals surface area contributed by atoms with Crippen LogP contribution in [0.25, 0.3) is 5.82 Å². The minimum Gasteiger partial charge on any atom is -0.475 e. The van der Waals surface area contributed by atoms with E-state index in [1.165, 1.54) is 6.33 Å². The second-order valence-electron chi connectivity index (χ2n) is 5.71. The average Bonchev–Trinajstić information content (AvgIpc) is 3.27. The SMILES string of the molecule is COCCOc1ccc(CNC(=O)NCc2cccnc2-n2cncn2)cn1. The van der Waals surface area contributed by atoms with Gasteiger partial charge >= 0.3 is 6.03 Å². The van der Waals surface area contributed by atoms with Crippen molar-refractivity contribution >= 4 is 6.03 Å². The van der Waals surface area contributed by atoms with Crippen LogP contribution in [-0.2, 0) is 17.8 Å². The van der Waals surface area contributed by atoms with Crippen molar-refractivity contribution in [2.24, 2.45) is 0 Å². The van der Waals surface area contributed by atoms with Gasteiger partial charge in [-0.2, -0.15) is 5.10 Å². The zero-order valence-corrected chi connectivity index (χ0v) is 15.4. The van der Waals surface area contributed by atoms with Crippen LogP contribution in [0.1, 0.15) is 11.1 Å². The van der Waals surface area contributed by atoms with E-state index in [0.29, 0.717) is 38.0 Å². The normalized spacial score (nSPS) is 10.5. The smallest absolute Gasteiger partial charge is 0.315 e. The third-order valence-electron chi connectivity index (χ3n) is 3.73. The molecular formula is C18H21N7O3. The van der Waals surface area contributed by atoms with Gasteiger partial charge in [0.15, 0.2) is 5.82 Å². The molecular weight excluding hydrogens is 362 g/mol. The maximum atomic E-state index is 12.1.